The molecule has 2 heterocycles. The van der Waals surface area contributed by atoms with Crippen molar-refractivity contribution in [2.45, 2.75) is 31.8 Å². The summed E-state index contributed by atoms with van der Waals surface area (Å²) in [5.74, 6) is 0.785. The Hall–Kier alpha value is -3.64. The van der Waals surface area contributed by atoms with Crippen molar-refractivity contribution in [2.24, 2.45) is 4.99 Å². The zero-order valence-corrected chi connectivity index (χ0v) is 16.2. The van der Waals surface area contributed by atoms with Gasteiger partial charge in [0.05, 0.1) is 17.3 Å². The number of aliphatic imine (C=N–C) groups is 1. The highest BCUT2D eigenvalue weighted by molar-refractivity contribution is 6.05. The van der Waals surface area contributed by atoms with Crippen molar-refractivity contribution in [1.29, 1.82) is 10.5 Å². The summed E-state index contributed by atoms with van der Waals surface area (Å²) in [6, 6.07) is 15.4. The van der Waals surface area contributed by atoms with Crippen molar-refractivity contribution in [2.75, 3.05) is 13.1 Å². The zero-order valence-electron chi connectivity index (χ0n) is 16.2. The number of piperidine rings is 1. The van der Waals surface area contributed by atoms with Gasteiger partial charge in [-0.3, -0.25) is 4.79 Å². The molecule has 2 aromatic carbocycles. The van der Waals surface area contributed by atoms with E-state index in [0.29, 0.717) is 49.4 Å². The first-order valence-electron chi connectivity index (χ1n) is 9.59. The van der Waals surface area contributed by atoms with Crippen molar-refractivity contribution in [1.82, 2.24) is 4.90 Å². The summed E-state index contributed by atoms with van der Waals surface area (Å²) in [5.41, 5.74) is 3.56. The maximum Gasteiger partial charge on any atom is 0.219 e. The number of ether oxygens (including phenoxy) is 1. The third kappa shape index (κ3) is 3.58. The van der Waals surface area contributed by atoms with Gasteiger partial charge in [0.2, 0.25) is 12.1 Å². The second-order valence-corrected chi connectivity index (χ2v) is 7.53. The molecule has 1 saturated heterocycles. The lowest BCUT2D eigenvalue weighted by Crippen LogP contribution is -2.52. The van der Waals surface area contributed by atoms with E-state index in [4.69, 9.17) is 10.00 Å². The number of fused-ring (bicyclic) bond motifs is 1. The molecule has 1 amide bonds. The predicted molar refractivity (Wildman–Crippen MR) is 108 cm³/mol. The summed E-state index contributed by atoms with van der Waals surface area (Å²) in [4.78, 5) is 17.6. The minimum absolute atomic E-state index is 0.0752. The molecule has 0 N–H and O–H groups in total. The fraction of sp³-hybridized carbons (Fsp3) is 0.304. The minimum atomic E-state index is -0.434. The number of carbonyl (C=O) groups excluding carboxylic acids is 1. The molecule has 4 rings (SSSR count). The number of hydrogen-bond acceptors (Lipinski definition) is 5. The maximum atomic E-state index is 11.7. The van der Waals surface area contributed by atoms with Crippen LogP contribution in [0.15, 0.2) is 47.5 Å². The average molecular weight is 384 g/mol. The number of likely N-dealkylation sites (tertiary alicyclic amines) is 1. The molecule has 2 aliphatic heterocycles. The molecule has 0 saturated carbocycles. The highest BCUT2D eigenvalue weighted by atomic mass is 16.5. The van der Waals surface area contributed by atoms with E-state index >= 15 is 0 Å². The minimum Gasteiger partial charge on any atom is -0.486 e. The van der Waals surface area contributed by atoms with Gasteiger partial charge in [-0.1, -0.05) is 18.2 Å². The van der Waals surface area contributed by atoms with Crippen molar-refractivity contribution in [3.05, 3.63) is 53.6 Å². The molecule has 2 aromatic rings. The van der Waals surface area contributed by atoms with E-state index in [1.807, 2.05) is 47.5 Å². The number of rotatable bonds is 1. The molecule has 144 valence electrons. The van der Waals surface area contributed by atoms with Gasteiger partial charge in [-0.25, -0.2) is 0 Å². The van der Waals surface area contributed by atoms with Crippen LogP contribution in [-0.2, 0) is 4.79 Å². The van der Waals surface area contributed by atoms with Crippen LogP contribution in [0.5, 0.6) is 5.75 Å². The summed E-state index contributed by atoms with van der Waals surface area (Å²) in [7, 11) is 0. The smallest absolute Gasteiger partial charge is 0.219 e. The van der Waals surface area contributed by atoms with Crippen LogP contribution in [0, 0.1) is 22.8 Å². The molecule has 0 atom stereocenters. The largest absolute Gasteiger partial charge is 0.486 e. The van der Waals surface area contributed by atoms with Gasteiger partial charge >= 0.3 is 0 Å². The van der Waals surface area contributed by atoms with Gasteiger partial charge in [-0.15, -0.1) is 0 Å². The van der Waals surface area contributed by atoms with Gasteiger partial charge in [-0.05, 0) is 35.4 Å². The van der Waals surface area contributed by atoms with Gasteiger partial charge in [0.15, 0.2) is 0 Å². The molecule has 0 aromatic heterocycles. The van der Waals surface area contributed by atoms with Crippen molar-refractivity contribution in [3.8, 4) is 29.1 Å². The van der Waals surface area contributed by atoms with Crippen LogP contribution in [0.25, 0.3) is 11.1 Å². The highest BCUT2D eigenvalue weighted by Crippen LogP contribution is 2.41. The highest BCUT2D eigenvalue weighted by Gasteiger charge is 2.42. The standard InChI is InChI=1S/C23H20N4O2/c1-16(28)27-9-7-23(8-10-27)13-21(26-15-25)20-12-19(5-6-22(20)29-23)18-4-2-3-17(11-18)14-24/h2-6,11-12H,7-10,13H2,1H3/b26-21+. The van der Waals surface area contributed by atoms with Gasteiger partial charge in [0, 0.05) is 44.8 Å². The fourth-order valence-electron chi connectivity index (χ4n) is 4.13. The number of nitrogens with zero attached hydrogens (tertiary/aromatic N) is 4. The Morgan fingerprint density at radius 3 is 2.59 bits per heavy atom. The average Bonchev–Trinajstić information content (AvgIpc) is 2.74. The lowest BCUT2D eigenvalue weighted by atomic mass is 9.81. The molecule has 0 unspecified atom stereocenters. The third-order valence-corrected chi connectivity index (χ3v) is 5.74. The Morgan fingerprint density at radius 1 is 1.14 bits per heavy atom. The molecular weight excluding hydrogens is 364 g/mol. The van der Waals surface area contributed by atoms with E-state index in [2.05, 4.69) is 11.1 Å². The molecule has 1 fully saturated rings. The van der Waals surface area contributed by atoms with E-state index in [0.717, 1.165) is 16.7 Å². The van der Waals surface area contributed by atoms with E-state index in [1.54, 1.807) is 13.0 Å². The number of nitriles is 2. The summed E-state index contributed by atoms with van der Waals surface area (Å²) in [6.45, 7) is 2.87. The number of carbonyl (C=O) groups is 1. The van der Waals surface area contributed by atoms with Crippen molar-refractivity contribution < 1.29 is 9.53 Å². The molecule has 1 spiro atoms. The van der Waals surface area contributed by atoms with E-state index in [-0.39, 0.29) is 5.91 Å². The predicted octanol–water partition coefficient (Wildman–Crippen LogP) is 3.66. The summed E-state index contributed by atoms with van der Waals surface area (Å²) >= 11 is 0. The Bertz CT molecular complexity index is 1080. The van der Waals surface area contributed by atoms with Crippen LogP contribution in [0.2, 0.25) is 0 Å². The summed E-state index contributed by atoms with van der Waals surface area (Å²) < 4.78 is 6.42. The first-order valence-corrected chi connectivity index (χ1v) is 9.59. The molecule has 0 radical (unpaired) electrons. The van der Waals surface area contributed by atoms with Gasteiger partial charge in [-0.2, -0.15) is 15.5 Å². The first kappa shape index (κ1) is 18.7. The van der Waals surface area contributed by atoms with Crippen molar-refractivity contribution in [3.63, 3.8) is 0 Å². The summed E-state index contributed by atoms with van der Waals surface area (Å²) in [6.07, 6.45) is 3.89. The molecule has 29 heavy (non-hydrogen) atoms. The van der Waals surface area contributed by atoms with Crippen molar-refractivity contribution >= 4 is 11.6 Å². The van der Waals surface area contributed by atoms with Crippen LogP contribution in [-0.4, -0.2) is 35.2 Å². The Balaban J connectivity index is 1.69. The number of benzene rings is 2. The van der Waals surface area contributed by atoms with Crippen LogP contribution < -0.4 is 4.74 Å². The van der Waals surface area contributed by atoms with E-state index in [1.165, 1.54) is 0 Å². The normalized spacial score (nSPS) is 18.4. The number of hydrogen-bond donors (Lipinski definition) is 0. The van der Waals surface area contributed by atoms with Gasteiger partial charge in [0.25, 0.3) is 0 Å². The van der Waals surface area contributed by atoms with Crippen LogP contribution in [0.4, 0.5) is 0 Å². The quantitative estimate of drug-likeness (QED) is 0.702. The first-order chi connectivity index (χ1) is 14.0. The molecule has 0 aliphatic carbocycles. The lowest BCUT2D eigenvalue weighted by Gasteiger charge is -2.44. The molecule has 0 bridgehead atoms. The molecular formula is C23H20N4O2. The second-order valence-electron chi connectivity index (χ2n) is 7.53. The Morgan fingerprint density at radius 2 is 1.90 bits per heavy atom. The fourth-order valence-corrected chi connectivity index (χ4v) is 4.13. The second kappa shape index (κ2) is 7.41. The third-order valence-electron chi connectivity index (χ3n) is 5.74. The Labute approximate surface area is 169 Å². The monoisotopic (exact) mass is 384 g/mol. The maximum absolute atomic E-state index is 11.7. The SMILES string of the molecule is CC(=O)N1CCC2(CC1)C/C(=N\C#N)c1cc(-c3cccc(C#N)c3)ccc1O2. The number of amides is 1. The van der Waals surface area contributed by atoms with Crippen LogP contribution >= 0.6 is 0 Å². The van der Waals surface area contributed by atoms with E-state index in [9.17, 15) is 10.1 Å². The molecule has 6 heteroatoms. The topological polar surface area (TPSA) is 89.5 Å². The lowest BCUT2D eigenvalue weighted by molar-refractivity contribution is -0.132. The van der Waals surface area contributed by atoms with Crippen LogP contribution in [0.3, 0.4) is 0 Å². The van der Waals surface area contributed by atoms with Gasteiger partial charge < -0.3 is 9.64 Å². The van der Waals surface area contributed by atoms with Crippen LogP contribution in [0.1, 0.15) is 37.3 Å². The zero-order chi connectivity index (χ0) is 20.4. The van der Waals surface area contributed by atoms with Gasteiger partial charge in [0.1, 0.15) is 11.4 Å². The molecule has 2 aliphatic rings. The van der Waals surface area contributed by atoms with E-state index < -0.39 is 5.60 Å². The molecule has 6 nitrogen and oxygen atoms in total. The Kier molecular flexibility index (Phi) is 4.78. The summed E-state index contributed by atoms with van der Waals surface area (Å²) in [5, 5.41) is 18.4.